The highest BCUT2D eigenvalue weighted by Gasteiger charge is 2.15. The zero-order valence-electron chi connectivity index (χ0n) is 49.6. The van der Waals surface area contributed by atoms with Crippen molar-refractivity contribution in [3.8, 4) is 0 Å². The van der Waals surface area contributed by atoms with Crippen molar-refractivity contribution < 1.29 is 19.1 Å². The Balaban J connectivity index is 0. The smallest absolute Gasteiger partial charge is 0.246 e. The van der Waals surface area contributed by atoms with Crippen molar-refractivity contribution in [2.75, 3.05) is 54.6 Å². The Morgan fingerprint density at radius 3 is 1.19 bits per heavy atom. The molecule has 6 nitrogen and oxygen atoms in total. The fraction of sp³-hybridized carbons (Fsp3) is 0.818. The second-order valence-corrected chi connectivity index (χ2v) is 21.5. The van der Waals surface area contributed by atoms with E-state index in [2.05, 4.69) is 76.3 Å². The number of unbranched alkanes of at least 4 members (excludes halogenated alkanes) is 30. The molecule has 0 bridgehead atoms. The number of likely N-dealkylation sites (N-methyl/N-ethyl adjacent to an activating group) is 1. The van der Waals surface area contributed by atoms with Gasteiger partial charge in [0.05, 0.1) is 6.61 Å². The molecule has 0 spiro atoms. The predicted molar refractivity (Wildman–Crippen MR) is 319 cm³/mol. The van der Waals surface area contributed by atoms with E-state index in [0.29, 0.717) is 18.9 Å². The lowest BCUT2D eigenvalue weighted by molar-refractivity contribution is -0.130. The first kappa shape index (κ1) is 71.6. The van der Waals surface area contributed by atoms with Crippen molar-refractivity contribution in [1.82, 2.24) is 9.80 Å². The predicted octanol–water partition coefficient (Wildman–Crippen LogP) is 20.0. The van der Waals surface area contributed by atoms with Crippen LogP contribution >= 0.6 is 0 Å². The van der Waals surface area contributed by atoms with E-state index in [4.69, 9.17) is 9.47 Å². The van der Waals surface area contributed by atoms with Crippen molar-refractivity contribution in [1.29, 1.82) is 0 Å². The Labute approximate surface area is 450 Å². The quantitative estimate of drug-likeness (QED) is 0.0346. The summed E-state index contributed by atoms with van der Waals surface area (Å²) in [5.41, 5.74) is 1.15. The second-order valence-electron chi connectivity index (χ2n) is 21.5. The van der Waals surface area contributed by atoms with Gasteiger partial charge in [0.25, 0.3) is 0 Å². The van der Waals surface area contributed by atoms with Crippen LogP contribution in [0.15, 0.2) is 60.3 Å². The maximum absolute atomic E-state index is 12.2. The van der Waals surface area contributed by atoms with Crippen LogP contribution in [0.1, 0.15) is 291 Å². The molecule has 2 amide bonds. The highest BCUT2D eigenvalue weighted by Crippen LogP contribution is 2.19. The topological polar surface area (TPSA) is 59.1 Å². The van der Waals surface area contributed by atoms with E-state index in [0.717, 1.165) is 70.3 Å². The lowest BCUT2D eigenvalue weighted by atomic mass is 9.97. The molecule has 72 heavy (non-hydrogen) atoms. The first-order chi connectivity index (χ1) is 35.2. The number of amides is 2. The first-order valence-electron chi connectivity index (χ1n) is 31.1. The van der Waals surface area contributed by atoms with Crippen molar-refractivity contribution in [2.24, 2.45) is 5.92 Å². The van der Waals surface area contributed by atoms with Gasteiger partial charge in [-0.2, -0.15) is 0 Å². The van der Waals surface area contributed by atoms with Gasteiger partial charge in [0.1, 0.15) is 0 Å². The fourth-order valence-corrected chi connectivity index (χ4v) is 8.70. The SMILES string of the molecule is CCCCC/C=C\C/C=C\CCCCCCCCOC/C(=C/C(=O)N(C)C)CCCCCCCCC.CCCCC/C=C\C/C=C\CCCCCCCCOCC(CCCCCCCCC)CC(=O)N(C)C. The van der Waals surface area contributed by atoms with Crippen LogP contribution in [0.4, 0.5) is 0 Å². The monoisotopic (exact) mass is 1010 g/mol. The summed E-state index contributed by atoms with van der Waals surface area (Å²) in [6, 6.07) is 0. The van der Waals surface area contributed by atoms with Gasteiger partial charge in [-0.25, -0.2) is 0 Å². The Morgan fingerprint density at radius 1 is 0.403 bits per heavy atom. The minimum absolute atomic E-state index is 0.0743. The van der Waals surface area contributed by atoms with Crippen LogP contribution in [0, 0.1) is 5.92 Å². The summed E-state index contributed by atoms with van der Waals surface area (Å²) < 4.78 is 12.0. The first-order valence-corrected chi connectivity index (χ1v) is 31.1. The second kappa shape index (κ2) is 61.1. The fourth-order valence-electron chi connectivity index (χ4n) is 8.70. The van der Waals surface area contributed by atoms with Crippen LogP contribution in [-0.2, 0) is 19.1 Å². The molecule has 422 valence electrons. The molecular formula is C66H124N2O4. The molecule has 0 aliphatic carbocycles. The highest BCUT2D eigenvalue weighted by molar-refractivity contribution is 5.87. The summed E-state index contributed by atoms with van der Waals surface area (Å²) in [5.74, 6) is 0.686. The van der Waals surface area contributed by atoms with Crippen LogP contribution in [0.25, 0.3) is 0 Å². The van der Waals surface area contributed by atoms with Gasteiger partial charge in [0, 0.05) is 60.5 Å². The number of ether oxygens (including phenoxy) is 2. The summed E-state index contributed by atoms with van der Waals surface area (Å²) in [6.45, 7) is 12.0. The van der Waals surface area contributed by atoms with E-state index in [-0.39, 0.29) is 11.8 Å². The van der Waals surface area contributed by atoms with E-state index >= 15 is 0 Å². The number of carbonyl (C=O) groups excluding carboxylic acids is 2. The van der Waals surface area contributed by atoms with Crippen molar-refractivity contribution in [2.45, 2.75) is 291 Å². The number of rotatable bonds is 53. The molecule has 1 unspecified atom stereocenters. The van der Waals surface area contributed by atoms with Crippen molar-refractivity contribution >= 4 is 11.8 Å². The molecule has 0 fully saturated rings. The van der Waals surface area contributed by atoms with Gasteiger partial charge in [-0.05, 0) is 108 Å². The average Bonchev–Trinajstić information content (AvgIpc) is 3.37. The zero-order chi connectivity index (χ0) is 53.1. The summed E-state index contributed by atoms with van der Waals surface area (Å²) >= 11 is 0. The molecule has 1 atom stereocenters. The summed E-state index contributed by atoms with van der Waals surface area (Å²) in [6.07, 6.45) is 71.9. The molecule has 0 aromatic carbocycles. The zero-order valence-corrected chi connectivity index (χ0v) is 49.6. The lowest BCUT2D eigenvalue weighted by Gasteiger charge is -2.19. The van der Waals surface area contributed by atoms with Crippen LogP contribution < -0.4 is 0 Å². The molecule has 0 rings (SSSR count). The van der Waals surface area contributed by atoms with Gasteiger partial charge in [-0.15, -0.1) is 0 Å². The minimum Gasteiger partial charge on any atom is -0.381 e. The Kier molecular flexibility index (Phi) is 60.8. The molecular weight excluding hydrogens is 885 g/mol. The third-order valence-corrected chi connectivity index (χ3v) is 13.7. The lowest BCUT2D eigenvalue weighted by Crippen LogP contribution is -2.26. The molecule has 0 aromatic rings. The normalized spacial score (nSPS) is 12.5. The third-order valence-electron chi connectivity index (χ3n) is 13.7. The summed E-state index contributed by atoms with van der Waals surface area (Å²) in [7, 11) is 7.35. The van der Waals surface area contributed by atoms with Gasteiger partial charge in [0.2, 0.25) is 11.8 Å². The van der Waals surface area contributed by atoms with E-state index < -0.39 is 0 Å². The molecule has 0 saturated heterocycles. The van der Waals surface area contributed by atoms with Crippen LogP contribution in [0.5, 0.6) is 0 Å². The standard InChI is InChI=1S/C33H63NO2.C33H61NO2/c2*1-5-7-9-11-13-14-15-16-17-18-19-20-21-23-25-27-29-36-31-32(30-33(35)34(3)4)28-26-24-22-12-10-8-6-2/h13-14,16-17,32H,5-12,15,18-31H2,1-4H3;13-14,16-17,30H,5-12,15,18-29,31H2,1-4H3/b14-13-,17-16-;14-13-,17-16-,32-30+. The molecule has 0 aliphatic heterocycles. The minimum atomic E-state index is 0.0743. The third kappa shape index (κ3) is 58.4. The van der Waals surface area contributed by atoms with E-state index in [1.165, 1.54) is 212 Å². The molecule has 0 aliphatic rings. The molecule has 6 heteroatoms. The van der Waals surface area contributed by atoms with Crippen LogP contribution in [0.2, 0.25) is 0 Å². The van der Waals surface area contributed by atoms with Gasteiger partial charge in [-0.1, -0.05) is 237 Å². The van der Waals surface area contributed by atoms with Crippen molar-refractivity contribution in [3.63, 3.8) is 0 Å². The number of hydrogen-bond donors (Lipinski definition) is 0. The van der Waals surface area contributed by atoms with Gasteiger partial charge < -0.3 is 19.3 Å². The number of allylic oxidation sites excluding steroid dienone is 8. The van der Waals surface area contributed by atoms with Gasteiger partial charge in [0.15, 0.2) is 0 Å². The Hall–Kier alpha value is -2.44. The molecule has 0 heterocycles. The van der Waals surface area contributed by atoms with Crippen LogP contribution in [0.3, 0.4) is 0 Å². The highest BCUT2D eigenvalue weighted by atomic mass is 16.5. The van der Waals surface area contributed by atoms with Gasteiger partial charge >= 0.3 is 0 Å². The van der Waals surface area contributed by atoms with E-state index in [9.17, 15) is 9.59 Å². The molecule has 0 N–H and O–H groups in total. The number of nitrogens with zero attached hydrogens (tertiary/aromatic N) is 2. The maximum atomic E-state index is 12.2. The molecule has 0 radical (unpaired) electrons. The number of hydrogen-bond acceptors (Lipinski definition) is 4. The molecule has 0 aromatic heterocycles. The summed E-state index contributed by atoms with van der Waals surface area (Å²) in [5, 5.41) is 0. The largest absolute Gasteiger partial charge is 0.381 e. The van der Waals surface area contributed by atoms with E-state index in [1.807, 2.05) is 28.2 Å². The van der Waals surface area contributed by atoms with Gasteiger partial charge in [-0.3, -0.25) is 9.59 Å². The van der Waals surface area contributed by atoms with E-state index in [1.54, 1.807) is 15.9 Å². The maximum Gasteiger partial charge on any atom is 0.246 e. The average molecular weight is 1010 g/mol. The Bertz CT molecular complexity index is 1270. The van der Waals surface area contributed by atoms with Crippen molar-refractivity contribution in [3.05, 3.63) is 60.3 Å². The summed E-state index contributed by atoms with van der Waals surface area (Å²) in [4.78, 5) is 27.7. The van der Waals surface area contributed by atoms with Crippen LogP contribution in [-0.4, -0.2) is 76.2 Å². The number of carbonyl (C=O) groups is 2. The molecule has 0 saturated carbocycles. The Morgan fingerprint density at radius 2 is 0.764 bits per heavy atom.